The number of carbonyl (C=O) groups excluding carboxylic acids is 2. The molecule has 0 aliphatic carbocycles. The predicted octanol–water partition coefficient (Wildman–Crippen LogP) is 2.24. The van der Waals surface area contributed by atoms with E-state index >= 15 is 0 Å². The van der Waals surface area contributed by atoms with E-state index in [1.54, 1.807) is 24.0 Å². The van der Waals surface area contributed by atoms with Crippen LogP contribution in [0, 0.1) is 10.1 Å². The molecule has 0 radical (unpaired) electrons. The average molecular weight is 344 g/mol. The first-order valence-corrected chi connectivity index (χ1v) is 8.29. The van der Waals surface area contributed by atoms with Gasteiger partial charge in [-0.2, -0.15) is 0 Å². The lowest BCUT2D eigenvalue weighted by Gasteiger charge is -2.33. The Hall–Kier alpha value is -2.90. The van der Waals surface area contributed by atoms with Gasteiger partial charge < -0.3 is 15.5 Å². The first-order valence-electron chi connectivity index (χ1n) is 8.29. The van der Waals surface area contributed by atoms with E-state index in [0.29, 0.717) is 29.9 Å². The molecule has 2 heterocycles. The van der Waals surface area contributed by atoms with Crippen molar-refractivity contribution in [3.8, 4) is 0 Å². The number of hydrogen-bond donors (Lipinski definition) is 2. The lowest BCUT2D eigenvalue weighted by Crippen LogP contribution is -2.48. The summed E-state index contributed by atoms with van der Waals surface area (Å²) in [6.07, 6.45) is 3.02. The highest BCUT2D eigenvalue weighted by atomic mass is 16.6. The van der Waals surface area contributed by atoms with Crippen molar-refractivity contribution in [2.75, 3.05) is 13.1 Å². The second-order valence-electron chi connectivity index (χ2n) is 6.28. The van der Waals surface area contributed by atoms with Crippen molar-refractivity contribution in [2.45, 2.75) is 32.2 Å². The van der Waals surface area contributed by atoms with Gasteiger partial charge in [0.05, 0.1) is 16.5 Å². The van der Waals surface area contributed by atoms with Gasteiger partial charge >= 0.3 is 6.03 Å². The van der Waals surface area contributed by atoms with Gasteiger partial charge in [0, 0.05) is 30.9 Å². The minimum Gasteiger partial charge on any atom is -0.339 e. The number of nitrogens with zero attached hydrogens (tertiary/aromatic N) is 2. The number of nitro groups is 1. The molecule has 0 aromatic heterocycles. The zero-order valence-electron chi connectivity index (χ0n) is 13.9. The first-order chi connectivity index (χ1) is 12.0. The van der Waals surface area contributed by atoms with Crippen LogP contribution in [0.1, 0.15) is 37.8 Å². The lowest BCUT2D eigenvalue weighted by molar-refractivity contribution is -0.384. The molecule has 1 saturated heterocycles. The van der Waals surface area contributed by atoms with Crippen molar-refractivity contribution in [2.24, 2.45) is 0 Å². The van der Waals surface area contributed by atoms with Crippen LogP contribution in [0.4, 0.5) is 10.5 Å². The molecule has 2 aliphatic rings. The monoisotopic (exact) mass is 344 g/mol. The number of hydrogen-bond acceptors (Lipinski definition) is 4. The number of carbonyl (C=O) groups is 2. The third-order valence-electron chi connectivity index (χ3n) is 4.56. The van der Waals surface area contributed by atoms with Crippen molar-refractivity contribution >= 4 is 17.6 Å². The van der Waals surface area contributed by atoms with Gasteiger partial charge in [0.1, 0.15) is 0 Å². The Balaban J connectivity index is 1.99. The highest BCUT2D eigenvalue weighted by molar-refractivity contribution is 5.98. The number of benzene rings is 1. The van der Waals surface area contributed by atoms with Crippen molar-refractivity contribution in [3.63, 3.8) is 0 Å². The molecule has 3 amide bonds. The van der Waals surface area contributed by atoms with Crippen molar-refractivity contribution in [3.05, 3.63) is 51.2 Å². The molecule has 8 heteroatoms. The molecule has 1 atom stereocenters. The zero-order valence-corrected chi connectivity index (χ0v) is 13.9. The molecule has 132 valence electrons. The van der Waals surface area contributed by atoms with E-state index in [1.165, 1.54) is 12.1 Å². The van der Waals surface area contributed by atoms with E-state index in [0.717, 1.165) is 19.3 Å². The molecule has 1 fully saturated rings. The van der Waals surface area contributed by atoms with Gasteiger partial charge in [-0.25, -0.2) is 4.79 Å². The lowest BCUT2D eigenvalue weighted by atomic mass is 9.93. The number of rotatable bonds is 3. The van der Waals surface area contributed by atoms with Crippen molar-refractivity contribution in [1.29, 1.82) is 0 Å². The van der Waals surface area contributed by atoms with Crippen LogP contribution in [0.5, 0.6) is 0 Å². The molecule has 8 nitrogen and oxygen atoms in total. The Morgan fingerprint density at radius 3 is 2.68 bits per heavy atom. The minimum absolute atomic E-state index is 0.0762. The van der Waals surface area contributed by atoms with E-state index < -0.39 is 17.0 Å². The summed E-state index contributed by atoms with van der Waals surface area (Å²) in [5, 5.41) is 16.4. The number of allylic oxidation sites excluding steroid dienone is 1. The Bertz CT molecular complexity index is 753. The summed E-state index contributed by atoms with van der Waals surface area (Å²) >= 11 is 0. The molecular formula is C17H20N4O4. The molecule has 0 spiro atoms. The molecule has 2 aliphatic heterocycles. The fourth-order valence-corrected chi connectivity index (χ4v) is 3.31. The van der Waals surface area contributed by atoms with Gasteiger partial charge in [-0.3, -0.25) is 14.9 Å². The van der Waals surface area contributed by atoms with Gasteiger partial charge in [-0.1, -0.05) is 12.1 Å². The Morgan fingerprint density at radius 2 is 2.00 bits per heavy atom. The number of non-ortho nitro benzene ring substituents is 1. The molecule has 25 heavy (non-hydrogen) atoms. The maximum atomic E-state index is 13.0. The first kappa shape index (κ1) is 16.9. The predicted molar refractivity (Wildman–Crippen MR) is 90.6 cm³/mol. The van der Waals surface area contributed by atoms with E-state index in [2.05, 4.69) is 10.6 Å². The van der Waals surface area contributed by atoms with Gasteiger partial charge in [0.25, 0.3) is 11.6 Å². The fourth-order valence-electron chi connectivity index (χ4n) is 3.31. The Kier molecular flexibility index (Phi) is 4.69. The van der Waals surface area contributed by atoms with E-state index in [-0.39, 0.29) is 11.6 Å². The van der Waals surface area contributed by atoms with Gasteiger partial charge in [0.15, 0.2) is 0 Å². The average Bonchev–Trinajstić information content (AvgIpc) is 2.61. The van der Waals surface area contributed by atoms with E-state index in [4.69, 9.17) is 0 Å². The molecule has 2 N–H and O–H groups in total. The number of urea groups is 1. The van der Waals surface area contributed by atoms with Gasteiger partial charge in [-0.15, -0.1) is 0 Å². The molecule has 0 saturated carbocycles. The smallest absolute Gasteiger partial charge is 0.319 e. The SMILES string of the molecule is CC1=C(C(=O)N2CCCCC2)C(c2cccc([N+](=O)[O-])c2)NC(=O)N1. The van der Waals surface area contributed by atoms with Crippen molar-refractivity contribution in [1.82, 2.24) is 15.5 Å². The Labute approximate surface area is 145 Å². The number of amides is 3. The highest BCUT2D eigenvalue weighted by Gasteiger charge is 2.34. The van der Waals surface area contributed by atoms with Crippen molar-refractivity contribution < 1.29 is 14.5 Å². The van der Waals surface area contributed by atoms with Crippen LogP contribution >= 0.6 is 0 Å². The summed E-state index contributed by atoms with van der Waals surface area (Å²) in [6.45, 7) is 3.05. The quantitative estimate of drug-likeness (QED) is 0.648. The van der Waals surface area contributed by atoms with Gasteiger partial charge in [-0.05, 0) is 31.7 Å². The van der Waals surface area contributed by atoms with Crippen LogP contribution in [-0.2, 0) is 4.79 Å². The third-order valence-corrected chi connectivity index (χ3v) is 4.56. The normalized spacial score (nSPS) is 20.8. The second-order valence-corrected chi connectivity index (χ2v) is 6.28. The maximum absolute atomic E-state index is 13.0. The summed E-state index contributed by atoms with van der Waals surface area (Å²) < 4.78 is 0. The number of nitrogens with one attached hydrogen (secondary N) is 2. The summed E-state index contributed by atoms with van der Waals surface area (Å²) in [6, 6.07) is 4.88. The van der Waals surface area contributed by atoms with E-state index in [1.807, 2.05) is 0 Å². The molecule has 3 rings (SSSR count). The van der Waals surface area contributed by atoms with Gasteiger partial charge in [0.2, 0.25) is 0 Å². The summed E-state index contributed by atoms with van der Waals surface area (Å²) in [5.74, 6) is -0.138. The topological polar surface area (TPSA) is 105 Å². The van der Waals surface area contributed by atoms with E-state index in [9.17, 15) is 19.7 Å². The largest absolute Gasteiger partial charge is 0.339 e. The minimum atomic E-state index is -0.705. The van der Waals surface area contributed by atoms with Crippen LogP contribution in [0.25, 0.3) is 0 Å². The molecule has 1 unspecified atom stereocenters. The maximum Gasteiger partial charge on any atom is 0.319 e. The number of likely N-dealkylation sites (tertiary alicyclic amines) is 1. The van der Waals surface area contributed by atoms with Crippen LogP contribution in [-0.4, -0.2) is 34.9 Å². The van der Waals surface area contributed by atoms with Crippen LogP contribution in [0.15, 0.2) is 35.5 Å². The summed E-state index contributed by atoms with van der Waals surface area (Å²) in [7, 11) is 0. The molecule has 0 bridgehead atoms. The molecular weight excluding hydrogens is 324 g/mol. The zero-order chi connectivity index (χ0) is 18.0. The molecule has 1 aromatic rings. The Morgan fingerprint density at radius 1 is 1.28 bits per heavy atom. The third kappa shape index (κ3) is 3.47. The van der Waals surface area contributed by atoms with Crippen LogP contribution in [0.2, 0.25) is 0 Å². The van der Waals surface area contributed by atoms with Crippen LogP contribution in [0.3, 0.4) is 0 Å². The summed E-state index contributed by atoms with van der Waals surface area (Å²) in [5.41, 5.74) is 1.36. The molecule has 1 aromatic carbocycles. The van der Waals surface area contributed by atoms with Crippen LogP contribution < -0.4 is 10.6 Å². The highest BCUT2D eigenvalue weighted by Crippen LogP contribution is 2.30. The fraction of sp³-hybridized carbons (Fsp3) is 0.412. The second kappa shape index (κ2) is 6.92. The number of nitro benzene ring substituents is 1. The standard InChI is InChI=1S/C17H20N4O4/c1-11-14(16(22)20-8-3-2-4-9-20)15(19-17(23)18-11)12-6-5-7-13(10-12)21(24)25/h5-7,10,15H,2-4,8-9H2,1H3,(H2,18,19,23). The number of piperidine rings is 1. The summed E-state index contributed by atoms with van der Waals surface area (Å²) in [4.78, 5) is 37.3.